The van der Waals surface area contributed by atoms with Crippen molar-refractivity contribution in [1.82, 2.24) is 0 Å². The van der Waals surface area contributed by atoms with Crippen LogP contribution in [-0.4, -0.2) is 14.2 Å². The molecule has 0 atom stereocenters. The van der Waals surface area contributed by atoms with Crippen molar-refractivity contribution in [3.63, 3.8) is 0 Å². The first-order valence-corrected chi connectivity index (χ1v) is 5.89. The Balaban J connectivity index is 2.36. The minimum atomic E-state index is -0.330. The van der Waals surface area contributed by atoms with Gasteiger partial charge in [-0.3, -0.25) is 0 Å². The topological polar surface area (TPSA) is 18.5 Å². The molecule has 2 aromatic carbocycles. The van der Waals surface area contributed by atoms with Gasteiger partial charge in [0.2, 0.25) is 0 Å². The van der Waals surface area contributed by atoms with Gasteiger partial charge in [0, 0.05) is 11.1 Å². The lowest BCUT2D eigenvalue weighted by molar-refractivity contribution is 0.414. The Labute approximate surface area is 112 Å². The van der Waals surface area contributed by atoms with Crippen LogP contribution in [0.2, 0.25) is 0 Å². The van der Waals surface area contributed by atoms with Crippen LogP contribution in [0.25, 0.3) is 11.9 Å². The molecule has 3 heteroatoms. The zero-order chi connectivity index (χ0) is 13.7. The molecule has 0 heterocycles. The van der Waals surface area contributed by atoms with Crippen molar-refractivity contribution in [2.45, 2.75) is 0 Å². The number of ether oxygens (including phenoxy) is 2. The maximum absolute atomic E-state index is 14.2. The second-order valence-corrected chi connectivity index (χ2v) is 3.97. The molecule has 0 aliphatic rings. The van der Waals surface area contributed by atoms with Crippen LogP contribution < -0.4 is 9.47 Å². The van der Waals surface area contributed by atoms with Gasteiger partial charge in [0.25, 0.3) is 0 Å². The third kappa shape index (κ3) is 3.13. The number of methoxy groups -OCH3 is 2. The smallest absolute Gasteiger partial charge is 0.131 e. The molecule has 0 amide bonds. The molecule has 0 spiro atoms. The van der Waals surface area contributed by atoms with Gasteiger partial charge in [-0.2, -0.15) is 0 Å². The van der Waals surface area contributed by atoms with Gasteiger partial charge in [-0.25, -0.2) is 4.39 Å². The second-order valence-electron chi connectivity index (χ2n) is 3.97. The number of hydrogen-bond acceptors (Lipinski definition) is 2. The molecule has 0 fully saturated rings. The highest BCUT2D eigenvalue weighted by molar-refractivity contribution is 5.79. The highest BCUT2D eigenvalue weighted by atomic mass is 19.1. The normalized spacial score (nSPS) is 11.2. The summed E-state index contributed by atoms with van der Waals surface area (Å²) in [5.41, 5.74) is 1.18. The Kier molecular flexibility index (Phi) is 4.18. The van der Waals surface area contributed by atoms with E-state index < -0.39 is 0 Å². The van der Waals surface area contributed by atoms with Gasteiger partial charge in [-0.05, 0) is 24.3 Å². The number of para-hydroxylation sites is 1. The Hall–Kier alpha value is -2.29. The Morgan fingerprint density at radius 2 is 1.79 bits per heavy atom. The van der Waals surface area contributed by atoms with E-state index >= 15 is 0 Å². The molecule has 0 unspecified atom stereocenters. The summed E-state index contributed by atoms with van der Waals surface area (Å²) in [6.45, 7) is 0. The molecule has 0 saturated heterocycles. The molecule has 0 N–H and O–H groups in total. The number of halogens is 1. The molecule has 2 rings (SSSR count). The second kappa shape index (κ2) is 6.05. The summed E-state index contributed by atoms with van der Waals surface area (Å²) < 4.78 is 24.5. The SMILES string of the molecule is COc1cccc(C(F)=Cc2ccccc2OC)c1. The van der Waals surface area contributed by atoms with Gasteiger partial charge in [-0.15, -0.1) is 0 Å². The fraction of sp³-hybridized carbons (Fsp3) is 0.125. The highest BCUT2D eigenvalue weighted by Gasteiger charge is 2.05. The molecule has 98 valence electrons. The van der Waals surface area contributed by atoms with E-state index in [2.05, 4.69) is 0 Å². The molecule has 2 nitrogen and oxygen atoms in total. The summed E-state index contributed by atoms with van der Waals surface area (Å²) in [5.74, 6) is 0.935. The van der Waals surface area contributed by atoms with Gasteiger partial charge >= 0.3 is 0 Å². The van der Waals surface area contributed by atoms with Crippen LogP contribution in [0.1, 0.15) is 11.1 Å². The number of benzene rings is 2. The summed E-state index contributed by atoms with van der Waals surface area (Å²) in [6.07, 6.45) is 1.45. The van der Waals surface area contributed by atoms with Crippen molar-refractivity contribution in [1.29, 1.82) is 0 Å². The highest BCUT2D eigenvalue weighted by Crippen LogP contribution is 2.26. The molecule has 2 aromatic rings. The van der Waals surface area contributed by atoms with E-state index in [-0.39, 0.29) is 5.83 Å². The monoisotopic (exact) mass is 258 g/mol. The Morgan fingerprint density at radius 3 is 2.53 bits per heavy atom. The molecule has 0 radical (unpaired) electrons. The van der Waals surface area contributed by atoms with Crippen LogP contribution in [0.5, 0.6) is 11.5 Å². The number of rotatable bonds is 4. The lowest BCUT2D eigenvalue weighted by Crippen LogP contribution is -1.87. The van der Waals surface area contributed by atoms with Crippen LogP contribution in [0.4, 0.5) is 4.39 Å². The van der Waals surface area contributed by atoms with Crippen molar-refractivity contribution in [3.8, 4) is 11.5 Å². The third-order valence-corrected chi connectivity index (χ3v) is 2.77. The molecular weight excluding hydrogens is 243 g/mol. The lowest BCUT2D eigenvalue weighted by atomic mass is 10.1. The molecular formula is C16H15FO2. The fourth-order valence-corrected chi connectivity index (χ4v) is 1.78. The zero-order valence-electron chi connectivity index (χ0n) is 10.9. The average molecular weight is 258 g/mol. The first-order chi connectivity index (χ1) is 9.24. The van der Waals surface area contributed by atoms with E-state index in [9.17, 15) is 4.39 Å². The maximum Gasteiger partial charge on any atom is 0.131 e. The van der Waals surface area contributed by atoms with E-state index in [1.54, 1.807) is 50.6 Å². The minimum Gasteiger partial charge on any atom is -0.497 e. The van der Waals surface area contributed by atoms with Crippen LogP contribution >= 0.6 is 0 Å². The standard InChI is InChI=1S/C16H15FO2/c1-18-14-8-5-7-12(10-14)15(17)11-13-6-3-4-9-16(13)19-2/h3-11H,1-2H3. The largest absolute Gasteiger partial charge is 0.497 e. The Bertz CT molecular complexity index is 591. The maximum atomic E-state index is 14.2. The van der Waals surface area contributed by atoms with Gasteiger partial charge in [0.1, 0.15) is 17.3 Å². The predicted molar refractivity (Wildman–Crippen MR) is 75.0 cm³/mol. The summed E-state index contributed by atoms with van der Waals surface area (Å²) in [6, 6.07) is 14.2. The molecule has 19 heavy (non-hydrogen) atoms. The summed E-state index contributed by atoms with van der Waals surface area (Å²) in [7, 11) is 3.12. The predicted octanol–water partition coefficient (Wildman–Crippen LogP) is 4.17. The van der Waals surface area contributed by atoms with Crippen molar-refractivity contribution in [2.24, 2.45) is 0 Å². The lowest BCUT2D eigenvalue weighted by Gasteiger charge is -2.05. The minimum absolute atomic E-state index is 0.330. The molecule has 0 aliphatic carbocycles. The first kappa shape index (κ1) is 13.1. The van der Waals surface area contributed by atoms with E-state index in [1.165, 1.54) is 6.08 Å². The summed E-state index contributed by atoms with van der Waals surface area (Å²) in [4.78, 5) is 0. The van der Waals surface area contributed by atoms with Crippen LogP contribution in [0, 0.1) is 0 Å². The van der Waals surface area contributed by atoms with Crippen molar-refractivity contribution < 1.29 is 13.9 Å². The fourth-order valence-electron chi connectivity index (χ4n) is 1.78. The number of hydrogen-bond donors (Lipinski definition) is 0. The van der Waals surface area contributed by atoms with Crippen LogP contribution in [0.3, 0.4) is 0 Å². The molecule has 0 aliphatic heterocycles. The van der Waals surface area contributed by atoms with E-state index in [4.69, 9.17) is 9.47 Å². The van der Waals surface area contributed by atoms with Gasteiger partial charge in [0.05, 0.1) is 14.2 Å². The zero-order valence-corrected chi connectivity index (χ0v) is 10.9. The summed E-state index contributed by atoms with van der Waals surface area (Å²) in [5, 5.41) is 0. The summed E-state index contributed by atoms with van der Waals surface area (Å²) >= 11 is 0. The quantitative estimate of drug-likeness (QED) is 0.766. The van der Waals surface area contributed by atoms with Crippen molar-refractivity contribution in [2.75, 3.05) is 14.2 Å². The van der Waals surface area contributed by atoms with E-state index in [1.807, 2.05) is 12.1 Å². The van der Waals surface area contributed by atoms with Crippen molar-refractivity contribution in [3.05, 3.63) is 59.7 Å². The van der Waals surface area contributed by atoms with E-state index in [0.29, 0.717) is 22.6 Å². The molecule has 0 aromatic heterocycles. The van der Waals surface area contributed by atoms with Gasteiger partial charge in [-0.1, -0.05) is 30.3 Å². The molecule has 0 saturated carbocycles. The Morgan fingerprint density at radius 1 is 1.00 bits per heavy atom. The van der Waals surface area contributed by atoms with Crippen LogP contribution in [0.15, 0.2) is 48.5 Å². The van der Waals surface area contributed by atoms with Crippen LogP contribution in [-0.2, 0) is 0 Å². The first-order valence-electron chi connectivity index (χ1n) is 5.89. The van der Waals surface area contributed by atoms with E-state index in [0.717, 1.165) is 0 Å². The van der Waals surface area contributed by atoms with Gasteiger partial charge < -0.3 is 9.47 Å². The average Bonchev–Trinajstić information content (AvgIpc) is 2.47. The van der Waals surface area contributed by atoms with Crippen molar-refractivity contribution >= 4 is 11.9 Å². The third-order valence-electron chi connectivity index (χ3n) is 2.77. The molecule has 0 bridgehead atoms. The van der Waals surface area contributed by atoms with Gasteiger partial charge in [0.15, 0.2) is 0 Å².